The van der Waals surface area contributed by atoms with E-state index in [1.807, 2.05) is 36.4 Å². The molecular formula is C28H31FN2O3. The Labute approximate surface area is 199 Å². The summed E-state index contributed by atoms with van der Waals surface area (Å²) in [6.07, 6.45) is 5.43. The molecule has 3 atom stereocenters. The molecule has 6 rings (SSSR count). The lowest BCUT2D eigenvalue weighted by Crippen LogP contribution is -2.39. The number of halogens is 1. The van der Waals surface area contributed by atoms with Crippen molar-refractivity contribution in [2.75, 3.05) is 24.8 Å². The Morgan fingerprint density at radius 2 is 1.94 bits per heavy atom. The molecule has 1 saturated heterocycles. The van der Waals surface area contributed by atoms with E-state index in [0.29, 0.717) is 13.2 Å². The van der Waals surface area contributed by atoms with Gasteiger partial charge in [-0.3, -0.25) is 5.01 Å². The molecule has 0 bridgehead atoms. The maximum atomic E-state index is 13.4. The molecule has 1 saturated carbocycles. The molecular weight excluding hydrogens is 431 g/mol. The van der Waals surface area contributed by atoms with E-state index in [-0.39, 0.29) is 23.4 Å². The van der Waals surface area contributed by atoms with Crippen molar-refractivity contribution in [3.8, 4) is 0 Å². The molecule has 3 unspecified atom stereocenters. The van der Waals surface area contributed by atoms with E-state index in [1.165, 1.54) is 29.0 Å². The molecule has 5 nitrogen and oxygen atoms in total. The minimum Gasteiger partial charge on any atom is -0.388 e. The van der Waals surface area contributed by atoms with Gasteiger partial charge in [0.15, 0.2) is 6.29 Å². The third-order valence-electron chi connectivity index (χ3n) is 8.07. The van der Waals surface area contributed by atoms with Gasteiger partial charge in [-0.2, -0.15) is 0 Å². The minimum absolute atomic E-state index is 0.104. The maximum Gasteiger partial charge on any atom is 0.184 e. The van der Waals surface area contributed by atoms with Crippen molar-refractivity contribution in [1.29, 1.82) is 0 Å². The van der Waals surface area contributed by atoms with Gasteiger partial charge >= 0.3 is 0 Å². The molecule has 0 spiro atoms. The van der Waals surface area contributed by atoms with Crippen LogP contribution < -0.4 is 10.4 Å². The number of aliphatic hydroxyl groups is 1. The quantitative estimate of drug-likeness (QED) is 0.644. The van der Waals surface area contributed by atoms with Gasteiger partial charge in [0.25, 0.3) is 0 Å². The van der Waals surface area contributed by atoms with E-state index < -0.39 is 6.10 Å². The number of allylic oxidation sites excluding steroid dienone is 2. The molecule has 2 aliphatic heterocycles. The topological polar surface area (TPSA) is 54.0 Å². The number of rotatable bonds is 4. The number of anilines is 1. The molecule has 178 valence electrons. The molecule has 2 fully saturated rings. The van der Waals surface area contributed by atoms with Crippen LogP contribution in [0, 0.1) is 17.2 Å². The van der Waals surface area contributed by atoms with Crippen LogP contribution in [0.1, 0.15) is 56.1 Å². The monoisotopic (exact) mass is 462 g/mol. The Kier molecular flexibility index (Phi) is 5.57. The van der Waals surface area contributed by atoms with Crippen LogP contribution >= 0.6 is 0 Å². The highest BCUT2D eigenvalue weighted by Gasteiger charge is 2.47. The fourth-order valence-electron chi connectivity index (χ4n) is 6.27. The second-order valence-corrected chi connectivity index (χ2v) is 10.1. The SMILES string of the molecule is CC12CC3=C(C=C1CCCC2C(O)c1cccc(C2OCCO2)c1)N(c1ccc(F)cc1)NC3. The van der Waals surface area contributed by atoms with Gasteiger partial charge in [0.2, 0.25) is 0 Å². The molecule has 2 aliphatic carbocycles. The standard InChI is InChI=1S/C28H31FN2O3/c1-28-16-20-17-30-31(23-10-8-22(29)9-11-23)25(20)15-21(28)6-3-7-24(28)26(32)18-4-2-5-19(14-18)27-33-12-13-34-27/h2,4-5,8-11,14-15,24,26-27,30,32H,3,6-7,12-13,16-17H2,1H3. The number of benzene rings is 2. The average Bonchev–Trinajstić information content (AvgIpc) is 3.52. The lowest BCUT2D eigenvalue weighted by atomic mass is 9.57. The van der Waals surface area contributed by atoms with Crippen LogP contribution in [-0.4, -0.2) is 24.9 Å². The molecule has 2 aromatic carbocycles. The van der Waals surface area contributed by atoms with E-state index in [1.54, 1.807) is 0 Å². The van der Waals surface area contributed by atoms with Crippen molar-refractivity contribution in [3.05, 3.63) is 88.4 Å². The lowest BCUT2D eigenvalue weighted by Gasteiger charge is -2.48. The summed E-state index contributed by atoms with van der Waals surface area (Å²) in [4.78, 5) is 0. The molecule has 0 amide bonds. The van der Waals surface area contributed by atoms with E-state index in [0.717, 1.165) is 49.0 Å². The summed E-state index contributed by atoms with van der Waals surface area (Å²) in [6.45, 7) is 4.30. The zero-order valence-corrected chi connectivity index (χ0v) is 19.5. The predicted molar refractivity (Wildman–Crippen MR) is 128 cm³/mol. The molecule has 0 radical (unpaired) electrons. The zero-order valence-electron chi connectivity index (χ0n) is 19.5. The molecule has 2 N–H and O–H groups in total. The maximum absolute atomic E-state index is 13.4. The van der Waals surface area contributed by atoms with Crippen molar-refractivity contribution in [3.63, 3.8) is 0 Å². The Morgan fingerprint density at radius 1 is 1.15 bits per heavy atom. The summed E-state index contributed by atoms with van der Waals surface area (Å²) in [5, 5.41) is 13.7. The fourth-order valence-corrected chi connectivity index (χ4v) is 6.27. The first-order valence-electron chi connectivity index (χ1n) is 12.3. The number of hydrazine groups is 1. The first kappa shape index (κ1) is 22.0. The van der Waals surface area contributed by atoms with Gasteiger partial charge in [-0.1, -0.05) is 30.7 Å². The van der Waals surface area contributed by atoms with Gasteiger partial charge in [0, 0.05) is 12.1 Å². The molecule has 2 heterocycles. The molecule has 0 aromatic heterocycles. The first-order chi connectivity index (χ1) is 16.5. The third kappa shape index (κ3) is 3.69. The van der Waals surface area contributed by atoms with Crippen molar-refractivity contribution >= 4 is 5.69 Å². The molecule has 2 aromatic rings. The Morgan fingerprint density at radius 3 is 2.74 bits per heavy atom. The van der Waals surface area contributed by atoms with Crippen LogP contribution in [0.5, 0.6) is 0 Å². The van der Waals surface area contributed by atoms with Crippen molar-refractivity contribution in [2.45, 2.75) is 45.0 Å². The molecule has 34 heavy (non-hydrogen) atoms. The van der Waals surface area contributed by atoms with Gasteiger partial charge in [0.1, 0.15) is 5.82 Å². The van der Waals surface area contributed by atoms with E-state index in [2.05, 4.69) is 23.4 Å². The van der Waals surface area contributed by atoms with E-state index >= 15 is 0 Å². The average molecular weight is 463 g/mol. The summed E-state index contributed by atoms with van der Waals surface area (Å²) >= 11 is 0. The van der Waals surface area contributed by atoms with Crippen LogP contribution in [0.4, 0.5) is 10.1 Å². The number of nitrogens with one attached hydrogen (secondary N) is 1. The normalized spacial score (nSPS) is 28.0. The smallest absolute Gasteiger partial charge is 0.184 e. The summed E-state index contributed by atoms with van der Waals surface area (Å²) < 4.78 is 24.8. The molecule has 4 aliphatic rings. The summed E-state index contributed by atoms with van der Waals surface area (Å²) in [5.41, 5.74) is 10.1. The van der Waals surface area contributed by atoms with Crippen LogP contribution in [0.15, 0.2) is 71.5 Å². The number of aliphatic hydroxyl groups excluding tert-OH is 1. The van der Waals surface area contributed by atoms with E-state index in [4.69, 9.17) is 9.47 Å². The largest absolute Gasteiger partial charge is 0.388 e. The number of hydrogen-bond donors (Lipinski definition) is 2. The highest BCUT2D eigenvalue weighted by atomic mass is 19.1. The highest BCUT2D eigenvalue weighted by Crippen LogP contribution is 2.56. The summed E-state index contributed by atoms with van der Waals surface area (Å²) in [6, 6.07) is 14.7. The molecule has 6 heteroatoms. The van der Waals surface area contributed by atoms with Crippen LogP contribution in [0.3, 0.4) is 0 Å². The third-order valence-corrected chi connectivity index (χ3v) is 8.07. The van der Waals surface area contributed by atoms with Crippen LogP contribution in [0.2, 0.25) is 0 Å². The Balaban J connectivity index is 1.28. The Bertz CT molecular complexity index is 1140. The number of nitrogens with zero attached hydrogens (tertiary/aromatic N) is 1. The van der Waals surface area contributed by atoms with Gasteiger partial charge in [-0.15, -0.1) is 0 Å². The van der Waals surface area contributed by atoms with Crippen LogP contribution in [-0.2, 0) is 9.47 Å². The van der Waals surface area contributed by atoms with Gasteiger partial charge in [-0.05, 0) is 84.6 Å². The number of hydrogen-bond acceptors (Lipinski definition) is 5. The predicted octanol–water partition coefficient (Wildman–Crippen LogP) is 5.32. The lowest BCUT2D eigenvalue weighted by molar-refractivity contribution is -0.0444. The number of ether oxygens (including phenoxy) is 2. The van der Waals surface area contributed by atoms with Gasteiger partial charge in [-0.25, -0.2) is 9.82 Å². The van der Waals surface area contributed by atoms with E-state index in [9.17, 15) is 9.50 Å². The Hall–Kier alpha value is -2.51. The van der Waals surface area contributed by atoms with Crippen molar-refractivity contribution in [2.24, 2.45) is 11.3 Å². The zero-order chi connectivity index (χ0) is 23.3. The summed E-state index contributed by atoms with van der Waals surface area (Å²) in [7, 11) is 0. The van der Waals surface area contributed by atoms with Gasteiger partial charge in [0.05, 0.1) is 30.7 Å². The van der Waals surface area contributed by atoms with Gasteiger partial charge < -0.3 is 14.6 Å². The highest BCUT2D eigenvalue weighted by molar-refractivity contribution is 5.59. The van der Waals surface area contributed by atoms with Crippen LogP contribution in [0.25, 0.3) is 0 Å². The second-order valence-electron chi connectivity index (χ2n) is 10.1. The van der Waals surface area contributed by atoms with Crippen molar-refractivity contribution in [1.82, 2.24) is 5.43 Å². The first-order valence-corrected chi connectivity index (χ1v) is 12.3. The number of fused-ring (bicyclic) bond motifs is 1. The summed E-state index contributed by atoms with van der Waals surface area (Å²) in [5.74, 6) is -0.104. The second kappa shape index (κ2) is 8.61. The van der Waals surface area contributed by atoms with Crippen molar-refractivity contribution < 1.29 is 19.0 Å². The fraction of sp³-hybridized carbons (Fsp3) is 0.429. The minimum atomic E-state index is -0.556.